The molecule has 0 atom stereocenters. The summed E-state index contributed by atoms with van der Waals surface area (Å²) in [5.41, 5.74) is 3.06. The van der Waals surface area contributed by atoms with Crippen LogP contribution in [-0.2, 0) is 4.79 Å². The van der Waals surface area contributed by atoms with E-state index in [0.29, 0.717) is 16.9 Å². The minimum atomic E-state index is -0.503. The molecule has 0 spiro atoms. The Hall–Kier alpha value is -2.42. The number of fused-ring (bicyclic) bond motifs is 1. The number of ketones is 2. The number of aryl methyl sites for hydroxylation is 1. The molecule has 0 N–H and O–H groups in total. The third kappa shape index (κ3) is 1.52. The summed E-state index contributed by atoms with van der Waals surface area (Å²) >= 11 is 0. The summed E-state index contributed by atoms with van der Waals surface area (Å²) < 4.78 is 5.33. The number of carbonyl (C=O) groups is 2. The SMILES string of the molecule is Cc1ccc(-c2coc3c2C(=O)C(=O)C=C3)cc1. The van der Waals surface area contributed by atoms with Gasteiger partial charge < -0.3 is 4.42 Å². The van der Waals surface area contributed by atoms with E-state index in [9.17, 15) is 9.59 Å². The summed E-state index contributed by atoms with van der Waals surface area (Å²) in [5, 5.41) is 0. The molecule has 3 nitrogen and oxygen atoms in total. The third-order valence-corrected chi connectivity index (χ3v) is 3.02. The third-order valence-electron chi connectivity index (χ3n) is 3.02. The Balaban J connectivity index is 2.18. The second-order valence-electron chi connectivity index (χ2n) is 4.28. The first-order valence-electron chi connectivity index (χ1n) is 5.62. The minimum Gasteiger partial charge on any atom is -0.464 e. The molecule has 1 aromatic carbocycles. The van der Waals surface area contributed by atoms with Crippen molar-refractivity contribution in [2.24, 2.45) is 0 Å². The Bertz CT molecular complexity index is 672. The summed E-state index contributed by atoms with van der Waals surface area (Å²) in [7, 11) is 0. The van der Waals surface area contributed by atoms with Crippen LogP contribution >= 0.6 is 0 Å². The highest BCUT2D eigenvalue weighted by Crippen LogP contribution is 2.31. The van der Waals surface area contributed by atoms with Crippen LogP contribution in [0, 0.1) is 6.92 Å². The van der Waals surface area contributed by atoms with Crippen molar-refractivity contribution in [1.82, 2.24) is 0 Å². The Morgan fingerprint density at radius 2 is 1.72 bits per heavy atom. The number of Topliss-reactive ketones (excluding diaryl/α,β-unsaturated/α-hetero) is 1. The first-order valence-corrected chi connectivity index (χ1v) is 5.62. The molecule has 88 valence electrons. The molecule has 0 saturated carbocycles. The molecule has 18 heavy (non-hydrogen) atoms. The lowest BCUT2D eigenvalue weighted by Crippen LogP contribution is -2.15. The van der Waals surface area contributed by atoms with Gasteiger partial charge in [0.05, 0.1) is 11.8 Å². The van der Waals surface area contributed by atoms with E-state index in [2.05, 4.69) is 0 Å². The maximum Gasteiger partial charge on any atom is 0.237 e. The molecule has 3 rings (SSSR count). The molecule has 0 unspecified atom stereocenters. The first kappa shape index (κ1) is 10.7. The van der Waals surface area contributed by atoms with Crippen LogP contribution in [0.3, 0.4) is 0 Å². The predicted octanol–water partition coefficient (Wildman–Crippen LogP) is 3.03. The normalized spacial score (nSPS) is 13.8. The zero-order valence-electron chi connectivity index (χ0n) is 9.77. The van der Waals surface area contributed by atoms with Gasteiger partial charge in [-0.2, -0.15) is 0 Å². The summed E-state index contributed by atoms with van der Waals surface area (Å²) in [5.74, 6) is -0.552. The Morgan fingerprint density at radius 1 is 1.00 bits per heavy atom. The fourth-order valence-corrected chi connectivity index (χ4v) is 2.03. The molecule has 0 radical (unpaired) electrons. The lowest BCUT2D eigenvalue weighted by molar-refractivity contribution is -0.110. The van der Waals surface area contributed by atoms with Crippen LogP contribution < -0.4 is 0 Å². The summed E-state index contributed by atoms with van der Waals surface area (Å²) in [6.07, 6.45) is 4.31. The van der Waals surface area contributed by atoms with E-state index < -0.39 is 11.6 Å². The second-order valence-corrected chi connectivity index (χ2v) is 4.28. The van der Waals surface area contributed by atoms with Gasteiger partial charge in [-0.3, -0.25) is 9.59 Å². The van der Waals surface area contributed by atoms with Crippen molar-refractivity contribution < 1.29 is 14.0 Å². The van der Waals surface area contributed by atoms with Gasteiger partial charge in [-0.1, -0.05) is 29.8 Å². The molecule has 0 bridgehead atoms. The van der Waals surface area contributed by atoms with Crippen molar-refractivity contribution in [2.45, 2.75) is 6.92 Å². The maximum atomic E-state index is 11.9. The maximum absolute atomic E-state index is 11.9. The Labute approximate surface area is 104 Å². The molecule has 1 heterocycles. The summed E-state index contributed by atoms with van der Waals surface area (Å²) in [4.78, 5) is 23.3. The highest BCUT2D eigenvalue weighted by atomic mass is 16.3. The number of benzene rings is 1. The van der Waals surface area contributed by atoms with Crippen molar-refractivity contribution in [3.05, 3.63) is 53.5 Å². The van der Waals surface area contributed by atoms with Crippen LogP contribution in [0.5, 0.6) is 0 Å². The molecule has 0 saturated heterocycles. The summed E-state index contributed by atoms with van der Waals surface area (Å²) in [6.45, 7) is 1.99. The molecule has 1 aromatic heterocycles. The smallest absolute Gasteiger partial charge is 0.237 e. The zero-order chi connectivity index (χ0) is 12.7. The van der Waals surface area contributed by atoms with E-state index in [1.54, 1.807) is 0 Å². The fourth-order valence-electron chi connectivity index (χ4n) is 2.03. The molecule has 0 fully saturated rings. The van der Waals surface area contributed by atoms with Crippen LogP contribution in [-0.4, -0.2) is 11.6 Å². The van der Waals surface area contributed by atoms with Gasteiger partial charge in [0.25, 0.3) is 0 Å². The van der Waals surface area contributed by atoms with Gasteiger partial charge in [0.2, 0.25) is 11.6 Å². The number of furan rings is 1. The first-order chi connectivity index (χ1) is 8.66. The van der Waals surface area contributed by atoms with Crippen LogP contribution in [0.4, 0.5) is 0 Å². The van der Waals surface area contributed by atoms with Crippen molar-refractivity contribution >= 4 is 17.6 Å². The van der Waals surface area contributed by atoms with E-state index in [4.69, 9.17) is 4.42 Å². The van der Waals surface area contributed by atoms with Crippen molar-refractivity contribution in [2.75, 3.05) is 0 Å². The van der Waals surface area contributed by atoms with Crippen LogP contribution in [0.2, 0.25) is 0 Å². The van der Waals surface area contributed by atoms with Gasteiger partial charge >= 0.3 is 0 Å². The van der Waals surface area contributed by atoms with Gasteiger partial charge in [0, 0.05) is 5.56 Å². The number of allylic oxidation sites excluding steroid dienone is 1. The molecule has 0 aliphatic heterocycles. The molecular formula is C15H10O3. The summed E-state index contributed by atoms with van der Waals surface area (Å²) in [6, 6.07) is 7.74. The second kappa shape index (κ2) is 3.81. The lowest BCUT2D eigenvalue weighted by atomic mass is 9.94. The van der Waals surface area contributed by atoms with Crippen molar-refractivity contribution in [1.29, 1.82) is 0 Å². The monoisotopic (exact) mass is 238 g/mol. The molecule has 1 aliphatic carbocycles. The minimum absolute atomic E-state index is 0.367. The average molecular weight is 238 g/mol. The molecule has 2 aromatic rings. The Kier molecular flexibility index (Phi) is 2.27. The van der Waals surface area contributed by atoms with Crippen LogP contribution in [0.15, 0.2) is 41.0 Å². The van der Waals surface area contributed by atoms with Crippen LogP contribution in [0.1, 0.15) is 21.7 Å². The van der Waals surface area contributed by atoms with Crippen molar-refractivity contribution in [3.8, 4) is 11.1 Å². The van der Waals surface area contributed by atoms with E-state index in [-0.39, 0.29) is 0 Å². The number of hydrogen-bond acceptors (Lipinski definition) is 3. The average Bonchev–Trinajstić information content (AvgIpc) is 2.79. The van der Waals surface area contributed by atoms with Gasteiger partial charge in [-0.25, -0.2) is 0 Å². The van der Waals surface area contributed by atoms with Gasteiger partial charge in [0.1, 0.15) is 5.76 Å². The largest absolute Gasteiger partial charge is 0.464 e. The Morgan fingerprint density at radius 3 is 2.44 bits per heavy atom. The quantitative estimate of drug-likeness (QED) is 0.717. The fraction of sp³-hybridized carbons (Fsp3) is 0.0667. The van der Waals surface area contributed by atoms with E-state index in [1.807, 2.05) is 31.2 Å². The van der Waals surface area contributed by atoms with E-state index in [1.165, 1.54) is 18.4 Å². The number of carbonyl (C=O) groups excluding carboxylic acids is 2. The number of hydrogen-bond donors (Lipinski definition) is 0. The van der Waals surface area contributed by atoms with E-state index >= 15 is 0 Å². The van der Waals surface area contributed by atoms with Gasteiger partial charge in [-0.15, -0.1) is 0 Å². The standard InChI is InChI=1S/C15H10O3/c1-9-2-4-10(5-3-9)11-8-18-13-7-6-12(16)15(17)14(11)13/h2-8H,1H3. The van der Waals surface area contributed by atoms with E-state index in [0.717, 1.165) is 11.1 Å². The van der Waals surface area contributed by atoms with Crippen molar-refractivity contribution in [3.63, 3.8) is 0 Å². The van der Waals surface area contributed by atoms with Gasteiger partial charge in [-0.05, 0) is 24.6 Å². The topological polar surface area (TPSA) is 47.3 Å². The lowest BCUT2D eigenvalue weighted by Gasteiger charge is -2.05. The highest BCUT2D eigenvalue weighted by molar-refractivity contribution is 6.50. The van der Waals surface area contributed by atoms with Gasteiger partial charge in [0.15, 0.2) is 0 Å². The predicted molar refractivity (Wildman–Crippen MR) is 67.3 cm³/mol. The molecule has 3 heteroatoms. The molecule has 1 aliphatic rings. The molecular weight excluding hydrogens is 228 g/mol. The zero-order valence-corrected chi connectivity index (χ0v) is 9.77. The molecule has 0 amide bonds. The van der Waals surface area contributed by atoms with Crippen LogP contribution in [0.25, 0.3) is 17.2 Å². The highest BCUT2D eigenvalue weighted by Gasteiger charge is 2.27. The number of rotatable bonds is 1.